The van der Waals surface area contributed by atoms with Crippen LogP contribution in [0.2, 0.25) is 0 Å². The molecule has 0 aliphatic heterocycles. The van der Waals surface area contributed by atoms with Crippen LogP contribution in [-0.4, -0.2) is 11.2 Å². The third-order valence-electron chi connectivity index (χ3n) is 2.07. The first kappa shape index (κ1) is 8.54. The van der Waals surface area contributed by atoms with Crippen molar-refractivity contribution < 1.29 is 5.11 Å². The topological polar surface area (TPSA) is 20.2 Å². The third-order valence-corrected chi connectivity index (χ3v) is 2.07. The zero-order valence-corrected chi connectivity index (χ0v) is 7.25. The van der Waals surface area contributed by atoms with Crippen LogP contribution in [0, 0.1) is 5.92 Å². The Labute approximate surface area is 68.4 Å². The Morgan fingerprint density at radius 2 is 2.36 bits per heavy atom. The second kappa shape index (κ2) is 3.72. The molecule has 0 aromatic rings. The van der Waals surface area contributed by atoms with Crippen LogP contribution in [-0.2, 0) is 0 Å². The molecule has 0 heterocycles. The number of allylic oxidation sites excluding steroid dienone is 3. The van der Waals surface area contributed by atoms with Crippen LogP contribution >= 0.6 is 0 Å². The highest BCUT2D eigenvalue weighted by atomic mass is 16.3. The van der Waals surface area contributed by atoms with Crippen molar-refractivity contribution in [3.8, 4) is 0 Å². The lowest BCUT2D eigenvalue weighted by Crippen LogP contribution is -2.15. The zero-order valence-electron chi connectivity index (χ0n) is 7.25. The first-order valence-corrected chi connectivity index (χ1v) is 4.20. The van der Waals surface area contributed by atoms with Gasteiger partial charge in [-0.3, -0.25) is 0 Å². The van der Waals surface area contributed by atoms with Crippen LogP contribution in [0.1, 0.15) is 26.7 Å². The predicted molar refractivity (Wildman–Crippen MR) is 47.3 cm³/mol. The monoisotopic (exact) mass is 152 g/mol. The van der Waals surface area contributed by atoms with Gasteiger partial charge in [-0.05, 0) is 32.6 Å². The van der Waals surface area contributed by atoms with Crippen molar-refractivity contribution in [1.29, 1.82) is 0 Å². The van der Waals surface area contributed by atoms with Gasteiger partial charge in [0.2, 0.25) is 0 Å². The van der Waals surface area contributed by atoms with Gasteiger partial charge in [0.05, 0.1) is 6.10 Å². The van der Waals surface area contributed by atoms with E-state index in [0.717, 1.165) is 12.8 Å². The summed E-state index contributed by atoms with van der Waals surface area (Å²) in [7, 11) is 0. The molecular weight excluding hydrogens is 136 g/mol. The summed E-state index contributed by atoms with van der Waals surface area (Å²) in [6.45, 7) is 4.11. The van der Waals surface area contributed by atoms with Gasteiger partial charge in [-0.1, -0.05) is 23.8 Å². The molecule has 62 valence electrons. The van der Waals surface area contributed by atoms with Crippen molar-refractivity contribution in [3.63, 3.8) is 0 Å². The highest BCUT2D eigenvalue weighted by Gasteiger charge is 2.15. The minimum absolute atomic E-state index is 0.218. The minimum Gasteiger partial charge on any atom is -0.389 e. The zero-order chi connectivity index (χ0) is 8.27. The summed E-state index contributed by atoms with van der Waals surface area (Å²) < 4.78 is 0. The van der Waals surface area contributed by atoms with E-state index in [9.17, 15) is 5.11 Å². The molecule has 2 unspecified atom stereocenters. The molecule has 1 aliphatic rings. The van der Waals surface area contributed by atoms with Gasteiger partial charge in [-0.25, -0.2) is 0 Å². The van der Waals surface area contributed by atoms with Crippen LogP contribution < -0.4 is 0 Å². The summed E-state index contributed by atoms with van der Waals surface area (Å²) in [6, 6.07) is 0. The first-order chi connectivity index (χ1) is 5.22. The lowest BCUT2D eigenvalue weighted by atomic mass is 9.88. The van der Waals surface area contributed by atoms with E-state index < -0.39 is 0 Å². The fourth-order valence-electron chi connectivity index (χ4n) is 1.69. The number of aliphatic hydroxyl groups is 1. The number of hydrogen-bond acceptors (Lipinski definition) is 1. The maximum Gasteiger partial charge on any atom is 0.0729 e. The lowest BCUT2D eigenvalue weighted by Gasteiger charge is -2.21. The van der Waals surface area contributed by atoms with E-state index >= 15 is 0 Å². The molecule has 0 radical (unpaired) electrons. The average Bonchev–Trinajstić information content (AvgIpc) is 1.85. The summed E-state index contributed by atoms with van der Waals surface area (Å²) in [5.74, 6) is 0.556. The Balaban J connectivity index is 2.57. The highest BCUT2D eigenvalue weighted by Crippen LogP contribution is 2.24. The molecule has 1 heteroatoms. The largest absolute Gasteiger partial charge is 0.389 e. The highest BCUT2D eigenvalue weighted by molar-refractivity contribution is 5.10. The molecule has 11 heavy (non-hydrogen) atoms. The minimum atomic E-state index is -0.218. The van der Waals surface area contributed by atoms with Crippen LogP contribution in [0.25, 0.3) is 0 Å². The molecule has 0 aromatic carbocycles. The van der Waals surface area contributed by atoms with E-state index in [4.69, 9.17) is 0 Å². The Morgan fingerprint density at radius 1 is 1.64 bits per heavy atom. The standard InChI is InChI=1S/C10H16O/c1-3-4-9-5-8(2)6-10(11)7-9/h3-4,6,9-11H,5,7H2,1-2H3. The second-order valence-corrected chi connectivity index (χ2v) is 3.31. The van der Waals surface area contributed by atoms with Crippen molar-refractivity contribution >= 4 is 0 Å². The molecule has 0 fully saturated rings. The van der Waals surface area contributed by atoms with Gasteiger partial charge in [0.1, 0.15) is 0 Å². The molecule has 0 amide bonds. The molecule has 0 bridgehead atoms. The van der Waals surface area contributed by atoms with Gasteiger partial charge in [-0.2, -0.15) is 0 Å². The maximum atomic E-state index is 9.37. The van der Waals surface area contributed by atoms with Crippen LogP contribution in [0.4, 0.5) is 0 Å². The number of rotatable bonds is 1. The molecule has 0 saturated carbocycles. The van der Waals surface area contributed by atoms with Gasteiger partial charge in [0, 0.05) is 0 Å². The summed E-state index contributed by atoms with van der Waals surface area (Å²) in [4.78, 5) is 0. The normalized spacial score (nSPS) is 32.5. The fourth-order valence-corrected chi connectivity index (χ4v) is 1.69. The van der Waals surface area contributed by atoms with E-state index in [-0.39, 0.29) is 6.10 Å². The van der Waals surface area contributed by atoms with Gasteiger partial charge in [0.15, 0.2) is 0 Å². The van der Waals surface area contributed by atoms with Crippen molar-refractivity contribution in [1.82, 2.24) is 0 Å². The maximum absolute atomic E-state index is 9.37. The Kier molecular flexibility index (Phi) is 2.89. The van der Waals surface area contributed by atoms with E-state index in [1.54, 1.807) is 0 Å². The second-order valence-electron chi connectivity index (χ2n) is 3.31. The van der Waals surface area contributed by atoms with Crippen molar-refractivity contribution in [2.75, 3.05) is 0 Å². The molecule has 0 aromatic heterocycles. The molecule has 1 N–H and O–H groups in total. The van der Waals surface area contributed by atoms with Gasteiger partial charge >= 0.3 is 0 Å². The first-order valence-electron chi connectivity index (χ1n) is 4.20. The number of aliphatic hydroxyl groups excluding tert-OH is 1. The Bertz CT molecular complexity index is 179. The van der Waals surface area contributed by atoms with Gasteiger partial charge in [0.25, 0.3) is 0 Å². The molecule has 0 saturated heterocycles. The van der Waals surface area contributed by atoms with Crippen LogP contribution in [0.3, 0.4) is 0 Å². The molecule has 1 nitrogen and oxygen atoms in total. The Morgan fingerprint density at radius 3 is 2.91 bits per heavy atom. The van der Waals surface area contributed by atoms with Gasteiger partial charge < -0.3 is 5.11 Å². The van der Waals surface area contributed by atoms with Crippen LogP contribution in [0.15, 0.2) is 23.8 Å². The molecule has 0 spiro atoms. The molecule has 2 atom stereocenters. The van der Waals surface area contributed by atoms with Crippen LogP contribution in [0.5, 0.6) is 0 Å². The summed E-state index contributed by atoms with van der Waals surface area (Å²) in [6.07, 6.45) is 7.99. The third kappa shape index (κ3) is 2.51. The van der Waals surface area contributed by atoms with Gasteiger partial charge in [-0.15, -0.1) is 0 Å². The molecule has 1 rings (SSSR count). The molecule has 1 aliphatic carbocycles. The summed E-state index contributed by atoms with van der Waals surface area (Å²) >= 11 is 0. The van der Waals surface area contributed by atoms with Crippen molar-refractivity contribution in [2.24, 2.45) is 5.92 Å². The average molecular weight is 152 g/mol. The smallest absolute Gasteiger partial charge is 0.0729 e. The van der Waals surface area contributed by atoms with E-state index in [0.29, 0.717) is 5.92 Å². The van der Waals surface area contributed by atoms with E-state index in [2.05, 4.69) is 19.1 Å². The quantitative estimate of drug-likeness (QED) is 0.571. The van der Waals surface area contributed by atoms with E-state index in [1.165, 1.54) is 5.57 Å². The lowest BCUT2D eigenvalue weighted by molar-refractivity contribution is 0.187. The number of hydrogen-bond donors (Lipinski definition) is 1. The van der Waals surface area contributed by atoms with Crippen molar-refractivity contribution in [3.05, 3.63) is 23.8 Å². The fraction of sp³-hybridized carbons (Fsp3) is 0.600. The van der Waals surface area contributed by atoms with E-state index in [1.807, 2.05) is 13.0 Å². The SMILES string of the molecule is CC=CC1CC(C)=CC(O)C1. The van der Waals surface area contributed by atoms with Crippen molar-refractivity contribution in [2.45, 2.75) is 32.8 Å². The predicted octanol–water partition coefficient (Wildman–Crippen LogP) is 2.28. The molecular formula is C10H16O. The summed E-state index contributed by atoms with van der Waals surface area (Å²) in [5, 5.41) is 9.37. The Hall–Kier alpha value is -0.560. The summed E-state index contributed by atoms with van der Waals surface area (Å²) in [5.41, 5.74) is 1.31.